The summed E-state index contributed by atoms with van der Waals surface area (Å²) in [5.74, 6) is 13.3. The Kier molecular flexibility index (Phi) is 5.43. The Labute approximate surface area is 105 Å². The first-order chi connectivity index (χ1) is 8.45. The summed E-state index contributed by atoms with van der Waals surface area (Å²) in [6.07, 6.45) is 5.49. The number of rotatable bonds is 0. The molecule has 17 heavy (non-hydrogen) atoms. The van der Waals surface area contributed by atoms with E-state index < -0.39 is 0 Å². The molecule has 0 saturated carbocycles. The van der Waals surface area contributed by atoms with Gasteiger partial charge in [0.2, 0.25) is 0 Å². The molecule has 0 spiro atoms. The van der Waals surface area contributed by atoms with E-state index in [1.165, 1.54) is 32.6 Å². The van der Waals surface area contributed by atoms with Gasteiger partial charge in [0.05, 0.1) is 32.5 Å². The number of nitrogens with one attached hydrogen (secondary N) is 1. The van der Waals surface area contributed by atoms with Crippen molar-refractivity contribution in [2.24, 2.45) is 0 Å². The van der Waals surface area contributed by atoms with Crippen LogP contribution in [0.25, 0.3) is 0 Å². The molecular weight excluding hydrogens is 208 g/mol. The van der Waals surface area contributed by atoms with E-state index in [9.17, 15) is 0 Å². The number of nitrogens with zero attached hydrogens (tertiary/aromatic N) is 1. The van der Waals surface area contributed by atoms with Crippen molar-refractivity contribution in [3.63, 3.8) is 0 Å². The molecule has 1 N–H and O–H groups in total. The zero-order chi connectivity index (χ0) is 11.8. The molecule has 2 bridgehead atoms. The normalized spacial score (nSPS) is 30.1. The van der Waals surface area contributed by atoms with E-state index in [0.717, 1.165) is 38.8 Å². The van der Waals surface area contributed by atoms with Gasteiger partial charge in [0, 0.05) is 38.9 Å². The second-order valence-electron chi connectivity index (χ2n) is 4.90. The molecule has 2 heterocycles. The fraction of sp³-hybridized carbons (Fsp3) is 0.733. The summed E-state index contributed by atoms with van der Waals surface area (Å²) in [4.78, 5) is 4.23. The molecule has 2 nitrogen and oxygen atoms in total. The summed E-state index contributed by atoms with van der Waals surface area (Å²) in [5.41, 5.74) is 0. The molecule has 0 amide bonds. The van der Waals surface area contributed by atoms with Gasteiger partial charge < -0.3 is 9.80 Å². The molecule has 0 aliphatic carbocycles. The molecule has 2 rings (SSSR count). The standard InChI is InChI=1S/C15H22N2/c1-2-6-11-17-13-8-4-3-7-12-16(10-5-1)14-9-15-17/h5-15H2/p+1. The monoisotopic (exact) mass is 231 g/mol. The molecule has 0 aromatic rings. The van der Waals surface area contributed by atoms with Crippen LogP contribution < -0.4 is 4.90 Å². The van der Waals surface area contributed by atoms with E-state index in [1.807, 2.05) is 0 Å². The minimum atomic E-state index is 1.03. The van der Waals surface area contributed by atoms with Gasteiger partial charge in [-0.2, -0.15) is 0 Å². The molecule has 0 saturated heterocycles. The highest BCUT2D eigenvalue weighted by Crippen LogP contribution is 1.97. The van der Waals surface area contributed by atoms with Gasteiger partial charge in [-0.3, -0.25) is 0 Å². The summed E-state index contributed by atoms with van der Waals surface area (Å²) in [7, 11) is 0. The van der Waals surface area contributed by atoms with Crippen molar-refractivity contribution in [2.45, 2.75) is 32.1 Å². The van der Waals surface area contributed by atoms with Crippen LogP contribution >= 0.6 is 0 Å². The van der Waals surface area contributed by atoms with Gasteiger partial charge in [-0.15, -0.1) is 11.8 Å². The van der Waals surface area contributed by atoms with Crippen molar-refractivity contribution < 1.29 is 4.90 Å². The van der Waals surface area contributed by atoms with E-state index in [4.69, 9.17) is 0 Å². The maximum Gasteiger partial charge on any atom is 0.0882 e. The van der Waals surface area contributed by atoms with Crippen LogP contribution in [0.3, 0.4) is 0 Å². The maximum absolute atomic E-state index is 3.32. The summed E-state index contributed by atoms with van der Waals surface area (Å²) < 4.78 is 0. The van der Waals surface area contributed by atoms with Crippen LogP contribution in [-0.2, 0) is 0 Å². The van der Waals surface area contributed by atoms with Crippen LogP contribution in [0.5, 0.6) is 0 Å². The number of hydrogen-bond donors (Lipinski definition) is 1. The second kappa shape index (κ2) is 7.38. The third-order valence-electron chi connectivity index (χ3n) is 3.57. The molecule has 0 aromatic carbocycles. The van der Waals surface area contributed by atoms with Crippen LogP contribution in [0.4, 0.5) is 0 Å². The molecule has 92 valence electrons. The minimum Gasteiger partial charge on any atom is -0.333 e. The molecule has 0 atom stereocenters. The molecular formula is C15H23N2+. The average Bonchev–Trinajstić information content (AvgIpc) is 2.42. The first-order valence-electron chi connectivity index (χ1n) is 6.92. The third kappa shape index (κ3) is 4.82. The lowest BCUT2D eigenvalue weighted by atomic mass is 10.3. The molecule has 2 heteroatoms. The Morgan fingerprint density at radius 1 is 0.647 bits per heavy atom. The Bertz CT molecular complexity index is 281. The van der Waals surface area contributed by atoms with Crippen molar-refractivity contribution in [3.05, 3.63) is 0 Å². The molecule has 0 unspecified atom stereocenters. The van der Waals surface area contributed by atoms with Crippen LogP contribution in [-0.4, -0.2) is 44.2 Å². The summed E-state index contributed by atoms with van der Waals surface area (Å²) >= 11 is 0. The second-order valence-corrected chi connectivity index (χ2v) is 4.90. The molecule has 0 fully saturated rings. The Morgan fingerprint density at radius 2 is 1.24 bits per heavy atom. The van der Waals surface area contributed by atoms with Crippen molar-refractivity contribution in [3.8, 4) is 23.7 Å². The van der Waals surface area contributed by atoms with E-state index in [1.54, 1.807) is 4.90 Å². The highest BCUT2D eigenvalue weighted by molar-refractivity contribution is 5.01. The zero-order valence-electron chi connectivity index (χ0n) is 10.7. The predicted octanol–water partition coefficient (Wildman–Crippen LogP) is 0.158. The fourth-order valence-corrected chi connectivity index (χ4v) is 2.52. The van der Waals surface area contributed by atoms with Gasteiger partial charge >= 0.3 is 0 Å². The number of hydrogen-bond acceptors (Lipinski definition) is 1. The summed E-state index contributed by atoms with van der Waals surface area (Å²) in [6, 6.07) is 0. The molecule has 2 aliphatic rings. The van der Waals surface area contributed by atoms with Crippen molar-refractivity contribution >= 4 is 0 Å². The quantitative estimate of drug-likeness (QED) is 0.584. The Balaban J connectivity index is 2.02. The van der Waals surface area contributed by atoms with Gasteiger partial charge in [-0.25, -0.2) is 0 Å². The van der Waals surface area contributed by atoms with Crippen molar-refractivity contribution in [2.75, 3.05) is 39.3 Å². The average molecular weight is 231 g/mol. The van der Waals surface area contributed by atoms with Gasteiger partial charge in [0.1, 0.15) is 0 Å². The molecule has 2 aliphatic heterocycles. The number of fused-ring (bicyclic) bond motifs is 4. The summed E-state index contributed by atoms with van der Waals surface area (Å²) in [6.45, 7) is 7.18. The lowest BCUT2D eigenvalue weighted by Crippen LogP contribution is -3.12. The lowest BCUT2D eigenvalue weighted by Gasteiger charge is -2.21. The molecule has 0 radical (unpaired) electrons. The number of quaternary nitrogens is 1. The third-order valence-corrected chi connectivity index (χ3v) is 3.57. The van der Waals surface area contributed by atoms with Crippen LogP contribution in [0.2, 0.25) is 0 Å². The zero-order valence-corrected chi connectivity index (χ0v) is 10.7. The van der Waals surface area contributed by atoms with Gasteiger partial charge in [-0.05, 0) is 0 Å². The predicted molar refractivity (Wildman–Crippen MR) is 70.6 cm³/mol. The van der Waals surface area contributed by atoms with E-state index in [2.05, 4.69) is 28.6 Å². The van der Waals surface area contributed by atoms with Gasteiger partial charge in [-0.1, -0.05) is 11.8 Å². The largest absolute Gasteiger partial charge is 0.333 e. The van der Waals surface area contributed by atoms with E-state index in [0.29, 0.717) is 0 Å². The van der Waals surface area contributed by atoms with Crippen LogP contribution in [0.15, 0.2) is 0 Å². The fourth-order valence-electron chi connectivity index (χ4n) is 2.52. The smallest absolute Gasteiger partial charge is 0.0882 e. The highest BCUT2D eigenvalue weighted by Gasteiger charge is 2.10. The first kappa shape index (κ1) is 12.5. The van der Waals surface area contributed by atoms with Crippen LogP contribution in [0.1, 0.15) is 32.1 Å². The SMILES string of the molecule is C1#CCC[NH+]2CCC#CCCN(CC1)CCC2. The summed E-state index contributed by atoms with van der Waals surface area (Å²) in [5, 5.41) is 0. The first-order valence-corrected chi connectivity index (χ1v) is 6.92. The Hall–Kier alpha value is -0.960. The Morgan fingerprint density at radius 3 is 1.88 bits per heavy atom. The van der Waals surface area contributed by atoms with E-state index >= 15 is 0 Å². The minimum absolute atomic E-state index is 1.03. The van der Waals surface area contributed by atoms with Crippen LogP contribution in [0, 0.1) is 23.7 Å². The van der Waals surface area contributed by atoms with Crippen molar-refractivity contribution in [1.82, 2.24) is 4.90 Å². The van der Waals surface area contributed by atoms with E-state index in [-0.39, 0.29) is 0 Å². The topological polar surface area (TPSA) is 7.68 Å². The van der Waals surface area contributed by atoms with Gasteiger partial charge in [0.15, 0.2) is 0 Å². The highest BCUT2D eigenvalue weighted by atomic mass is 15.1. The molecule has 0 aromatic heterocycles. The van der Waals surface area contributed by atoms with Gasteiger partial charge in [0.25, 0.3) is 0 Å². The maximum atomic E-state index is 3.32. The lowest BCUT2D eigenvalue weighted by molar-refractivity contribution is -0.899. The van der Waals surface area contributed by atoms with Crippen molar-refractivity contribution in [1.29, 1.82) is 0 Å².